The fourth-order valence-electron chi connectivity index (χ4n) is 1.64. The molecule has 1 aliphatic heterocycles. The van der Waals surface area contributed by atoms with Gasteiger partial charge in [0.1, 0.15) is 5.03 Å². The van der Waals surface area contributed by atoms with Crippen molar-refractivity contribution in [2.45, 2.75) is 23.9 Å². The average Bonchev–Trinajstić information content (AvgIpc) is 2.67. The molecule has 2 heterocycles. The second-order valence-corrected chi connectivity index (χ2v) is 4.08. The SMILES string of the molecule is O=S([O-])c1ccnn1C1CCOCC1.[Li+]. The quantitative estimate of drug-likeness (QED) is 0.409. The van der Waals surface area contributed by atoms with Gasteiger partial charge in [-0.25, -0.2) is 0 Å². The number of nitrogens with zero attached hydrogens (tertiary/aromatic N) is 2. The summed E-state index contributed by atoms with van der Waals surface area (Å²) in [7, 11) is 0. The molecular weight excluding hydrogens is 211 g/mol. The van der Waals surface area contributed by atoms with E-state index in [1.807, 2.05) is 0 Å². The zero-order valence-corrected chi connectivity index (χ0v) is 9.40. The van der Waals surface area contributed by atoms with Gasteiger partial charge in [-0.05, 0) is 30.0 Å². The van der Waals surface area contributed by atoms with E-state index in [2.05, 4.69) is 5.10 Å². The zero-order valence-electron chi connectivity index (χ0n) is 8.59. The van der Waals surface area contributed by atoms with Crippen molar-refractivity contribution >= 4 is 11.1 Å². The topological polar surface area (TPSA) is 67.2 Å². The minimum Gasteiger partial charge on any atom is -0.767 e. The van der Waals surface area contributed by atoms with Crippen molar-refractivity contribution in [1.82, 2.24) is 9.78 Å². The van der Waals surface area contributed by atoms with Crippen LogP contribution in [-0.4, -0.2) is 31.8 Å². The molecule has 78 valence electrons. The minimum absolute atomic E-state index is 0. The second-order valence-electron chi connectivity index (χ2n) is 3.19. The molecule has 0 aromatic carbocycles. The molecule has 1 unspecified atom stereocenters. The molecule has 0 bridgehead atoms. The summed E-state index contributed by atoms with van der Waals surface area (Å²) in [5, 5.41) is 4.29. The third kappa shape index (κ3) is 2.92. The van der Waals surface area contributed by atoms with E-state index in [1.54, 1.807) is 4.68 Å². The van der Waals surface area contributed by atoms with E-state index in [0.717, 1.165) is 12.8 Å². The third-order valence-corrected chi connectivity index (χ3v) is 3.01. The Bertz CT molecular complexity index is 338. The molecule has 0 N–H and O–H groups in total. The fraction of sp³-hybridized carbons (Fsp3) is 0.625. The van der Waals surface area contributed by atoms with Crippen LogP contribution < -0.4 is 18.9 Å². The van der Waals surface area contributed by atoms with Gasteiger partial charge in [-0.15, -0.1) is 0 Å². The van der Waals surface area contributed by atoms with E-state index in [4.69, 9.17) is 4.74 Å². The van der Waals surface area contributed by atoms with E-state index < -0.39 is 11.1 Å². The van der Waals surface area contributed by atoms with Crippen molar-refractivity contribution in [3.8, 4) is 0 Å². The van der Waals surface area contributed by atoms with Crippen LogP contribution in [0.4, 0.5) is 0 Å². The molecule has 1 aromatic rings. The summed E-state index contributed by atoms with van der Waals surface area (Å²) < 4.78 is 28.4. The maximum Gasteiger partial charge on any atom is 1.00 e. The van der Waals surface area contributed by atoms with Gasteiger partial charge in [0.2, 0.25) is 0 Å². The molecule has 0 aliphatic carbocycles. The Morgan fingerprint density at radius 3 is 2.80 bits per heavy atom. The minimum atomic E-state index is -2.20. The van der Waals surface area contributed by atoms with E-state index in [0.29, 0.717) is 13.2 Å². The van der Waals surface area contributed by atoms with Crippen molar-refractivity contribution in [2.24, 2.45) is 0 Å². The Morgan fingerprint density at radius 1 is 1.53 bits per heavy atom. The molecule has 1 aliphatic rings. The maximum atomic E-state index is 10.8. The first-order chi connectivity index (χ1) is 6.79. The molecule has 5 nitrogen and oxygen atoms in total. The van der Waals surface area contributed by atoms with Crippen molar-refractivity contribution in [2.75, 3.05) is 13.2 Å². The Labute approximate surface area is 103 Å². The second kappa shape index (κ2) is 5.82. The number of ether oxygens (including phenoxy) is 1. The van der Waals surface area contributed by atoms with Gasteiger partial charge in [-0.3, -0.25) is 8.89 Å². The van der Waals surface area contributed by atoms with Crippen molar-refractivity contribution in [3.63, 3.8) is 0 Å². The summed E-state index contributed by atoms with van der Waals surface area (Å²) in [5.41, 5.74) is 0. The molecule has 1 aromatic heterocycles. The van der Waals surface area contributed by atoms with E-state index >= 15 is 0 Å². The van der Waals surface area contributed by atoms with Crippen molar-refractivity contribution in [1.29, 1.82) is 0 Å². The van der Waals surface area contributed by atoms with Crippen LogP contribution in [-0.2, 0) is 15.8 Å². The molecule has 0 saturated carbocycles. The molecule has 15 heavy (non-hydrogen) atoms. The van der Waals surface area contributed by atoms with Crippen molar-refractivity contribution in [3.05, 3.63) is 12.3 Å². The zero-order chi connectivity index (χ0) is 9.97. The van der Waals surface area contributed by atoms with E-state index in [-0.39, 0.29) is 29.9 Å². The van der Waals surface area contributed by atoms with Gasteiger partial charge in [0.05, 0.1) is 12.2 Å². The first-order valence-electron chi connectivity index (χ1n) is 4.49. The summed E-state index contributed by atoms with van der Waals surface area (Å²) in [6.07, 6.45) is 3.17. The predicted octanol–water partition coefficient (Wildman–Crippen LogP) is -2.52. The van der Waals surface area contributed by atoms with E-state index in [1.165, 1.54) is 12.3 Å². The van der Waals surface area contributed by atoms with Gasteiger partial charge in [0.15, 0.2) is 0 Å². The summed E-state index contributed by atoms with van der Waals surface area (Å²) in [6.45, 7) is 1.35. The molecule has 0 radical (unpaired) electrons. The van der Waals surface area contributed by atoms with Crippen molar-refractivity contribution < 1.29 is 32.4 Å². The molecule has 2 rings (SSSR count). The first kappa shape index (κ1) is 12.9. The van der Waals surface area contributed by atoms with Crippen LogP contribution in [0.15, 0.2) is 17.3 Å². The molecule has 0 spiro atoms. The van der Waals surface area contributed by atoms with Crippen LogP contribution in [0.2, 0.25) is 0 Å². The summed E-state index contributed by atoms with van der Waals surface area (Å²) in [4.78, 5) is 0. The molecular formula is C8H11LiN2O3S. The Morgan fingerprint density at radius 2 is 2.20 bits per heavy atom. The summed E-state index contributed by atoms with van der Waals surface area (Å²) in [5.74, 6) is 0. The molecule has 7 heteroatoms. The van der Waals surface area contributed by atoms with E-state index in [9.17, 15) is 8.76 Å². The number of hydrogen-bond donors (Lipinski definition) is 0. The number of rotatable bonds is 2. The van der Waals surface area contributed by atoms with Crippen LogP contribution in [0, 0.1) is 0 Å². The smallest absolute Gasteiger partial charge is 0.767 e. The fourth-order valence-corrected chi connectivity index (χ4v) is 2.16. The Balaban J connectivity index is 0.00000112. The average molecular weight is 222 g/mol. The largest absolute Gasteiger partial charge is 1.00 e. The Hall–Kier alpha value is -0.123. The molecule has 1 saturated heterocycles. The summed E-state index contributed by atoms with van der Waals surface area (Å²) in [6, 6.07) is 1.67. The monoisotopic (exact) mass is 222 g/mol. The van der Waals surface area contributed by atoms with Gasteiger partial charge in [0.25, 0.3) is 0 Å². The van der Waals surface area contributed by atoms with Crippen LogP contribution >= 0.6 is 0 Å². The Kier molecular flexibility index (Phi) is 5.03. The number of hydrogen-bond acceptors (Lipinski definition) is 4. The molecule has 1 atom stereocenters. The summed E-state index contributed by atoms with van der Waals surface area (Å²) >= 11 is -2.20. The van der Waals surface area contributed by atoms with Gasteiger partial charge in [-0.2, -0.15) is 5.10 Å². The van der Waals surface area contributed by atoms with Gasteiger partial charge in [0, 0.05) is 13.2 Å². The van der Waals surface area contributed by atoms with Gasteiger partial charge in [-0.1, -0.05) is 0 Å². The van der Waals surface area contributed by atoms with Gasteiger partial charge < -0.3 is 9.29 Å². The molecule has 1 fully saturated rings. The normalized spacial score (nSPS) is 19.5. The molecule has 0 amide bonds. The van der Waals surface area contributed by atoms with Crippen LogP contribution in [0.25, 0.3) is 0 Å². The van der Waals surface area contributed by atoms with Gasteiger partial charge >= 0.3 is 18.9 Å². The van der Waals surface area contributed by atoms with Crippen LogP contribution in [0.3, 0.4) is 0 Å². The third-order valence-electron chi connectivity index (χ3n) is 2.34. The van der Waals surface area contributed by atoms with Crippen LogP contribution in [0.1, 0.15) is 18.9 Å². The number of aromatic nitrogens is 2. The first-order valence-corrected chi connectivity index (χ1v) is 5.57. The standard InChI is InChI=1S/C8H12N2O3S.Li/c11-14(12)8-1-4-9-10(8)7-2-5-13-6-3-7;/h1,4,7H,2-3,5-6H2,(H,11,12);/q;+1/p-1. The predicted molar refractivity (Wildman–Crippen MR) is 48.5 cm³/mol. The maximum absolute atomic E-state index is 10.8. The van der Waals surface area contributed by atoms with Crippen LogP contribution in [0.5, 0.6) is 0 Å².